The van der Waals surface area contributed by atoms with Gasteiger partial charge in [-0.15, -0.1) is 0 Å². The van der Waals surface area contributed by atoms with Gasteiger partial charge in [-0.25, -0.2) is 4.79 Å². The van der Waals surface area contributed by atoms with Crippen molar-refractivity contribution in [3.8, 4) is 0 Å². The third-order valence-corrected chi connectivity index (χ3v) is 5.86. The number of carbonyl (C=O) groups excluding carboxylic acids is 3. The fourth-order valence-electron chi connectivity index (χ4n) is 4.44. The van der Waals surface area contributed by atoms with Crippen LogP contribution < -0.4 is 5.32 Å². The van der Waals surface area contributed by atoms with E-state index >= 15 is 0 Å². The maximum Gasteiger partial charge on any atom is 0.338 e. The minimum absolute atomic E-state index is 0.189. The van der Waals surface area contributed by atoms with E-state index in [0.717, 1.165) is 35.1 Å². The number of ether oxygens (including phenoxy) is 1. The van der Waals surface area contributed by atoms with E-state index in [1.807, 2.05) is 52.0 Å². The number of likely N-dealkylation sites (tertiary alicyclic amines) is 1. The smallest absolute Gasteiger partial charge is 0.338 e. The first-order valence-corrected chi connectivity index (χ1v) is 11.6. The van der Waals surface area contributed by atoms with Crippen LogP contribution >= 0.6 is 0 Å². The van der Waals surface area contributed by atoms with Crippen molar-refractivity contribution in [1.82, 2.24) is 10.2 Å². The molecule has 6 nitrogen and oxygen atoms in total. The molecule has 1 heterocycles. The van der Waals surface area contributed by atoms with Crippen LogP contribution in [0.25, 0.3) is 0 Å². The Balaban J connectivity index is 1.80. The first-order chi connectivity index (χ1) is 15.7. The van der Waals surface area contributed by atoms with Gasteiger partial charge in [-0.05, 0) is 58.4 Å². The van der Waals surface area contributed by atoms with Crippen LogP contribution in [0.2, 0.25) is 0 Å². The molecule has 0 aliphatic carbocycles. The van der Waals surface area contributed by atoms with Crippen molar-refractivity contribution >= 4 is 17.8 Å². The molecule has 33 heavy (non-hydrogen) atoms. The van der Waals surface area contributed by atoms with Crippen molar-refractivity contribution in [2.45, 2.75) is 66.0 Å². The molecule has 2 aromatic rings. The van der Waals surface area contributed by atoms with Gasteiger partial charge in [0.1, 0.15) is 12.1 Å². The normalized spacial score (nSPS) is 17.7. The number of hydrogen-bond acceptors (Lipinski definition) is 4. The first kappa shape index (κ1) is 24.5. The van der Waals surface area contributed by atoms with Crippen LogP contribution in [0.1, 0.15) is 69.2 Å². The molecule has 2 aromatic carbocycles. The largest absolute Gasteiger partial charge is 0.457 e. The molecule has 1 aliphatic rings. The highest BCUT2D eigenvalue weighted by atomic mass is 16.5. The Labute approximate surface area is 196 Å². The molecule has 0 radical (unpaired) electrons. The fourth-order valence-corrected chi connectivity index (χ4v) is 4.44. The summed E-state index contributed by atoms with van der Waals surface area (Å²) in [4.78, 5) is 40.7. The maximum atomic E-state index is 13.4. The van der Waals surface area contributed by atoms with Crippen LogP contribution in [0.5, 0.6) is 0 Å². The standard InChI is InChI=1S/C27H34N2O4/c1-6-7-8-28-25(30)24-15-23(33-27(32)22-13-19(4)10-20(5)14-22)16-29(24)26(31)21-11-17(2)9-18(3)12-21/h9-14,23-24H,6-8,15-16H2,1-5H3,(H,28,30)/t23-,24+/m1/s1. The summed E-state index contributed by atoms with van der Waals surface area (Å²) in [6.07, 6.45) is 1.57. The summed E-state index contributed by atoms with van der Waals surface area (Å²) in [5, 5.41) is 2.93. The second-order valence-corrected chi connectivity index (χ2v) is 9.13. The number of aryl methyl sites for hydroxylation is 4. The van der Waals surface area contributed by atoms with Crippen molar-refractivity contribution < 1.29 is 19.1 Å². The molecule has 0 saturated carbocycles. The van der Waals surface area contributed by atoms with E-state index < -0.39 is 18.1 Å². The van der Waals surface area contributed by atoms with Crippen LogP contribution in [0.3, 0.4) is 0 Å². The van der Waals surface area contributed by atoms with Gasteiger partial charge in [-0.2, -0.15) is 0 Å². The zero-order valence-corrected chi connectivity index (χ0v) is 20.2. The Bertz CT molecular complexity index is 1010. The van der Waals surface area contributed by atoms with Crippen molar-refractivity contribution in [3.63, 3.8) is 0 Å². The molecule has 0 unspecified atom stereocenters. The SMILES string of the molecule is CCCCNC(=O)[C@@H]1C[C@@H](OC(=O)c2cc(C)cc(C)c2)CN1C(=O)c1cc(C)cc(C)c1. The van der Waals surface area contributed by atoms with Gasteiger partial charge in [0.25, 0.3) is 5.91 Å². The monoisotopic (exact) mass is 450 g/mol. The van der Waals surface area contributed by atoms with Gasteiger partial charge in [0, 0.05) is 18.5 Å². The van der Waals surface area contributed by atoms with Crippen LogP contribution in [0.15, 0.2) is 36.4 Å². The molecule has 0 bridgehead atoms. The van der Waals surface area contributed by atoms with Gasteiger partial charge < -0.3 is 15.0 Å². The second kappa shape index (κ2) is 10.6. The molecule has 6 heteroatoms. The van der Waals surface area contributed by atoms with Gasteiger partial charge in [-0.3, -0.25) is 9.59 Å². The minimum atomic E-state index is -0.674. The molecular formula is C27H34N2O4. The molecular weight excluding hydrogens is 416 g/mol. The predicted molar refractivity (Wildman–Crippen MR) is 128 cm³/mol. The molecule has 0 aromatic heterocycles. The van der Waals surface area contributed by atoms with E-state index in [2.05, 4.69) is 12.2 Å². The van der Waals surface area contributed by atoms with Crippen molar-refractivity contribution in [2.24, 2.45) is 0 Å². The Morgan fingerprint density at radius 1 is 0.909 bits per heavy atom. The lowest BCUT2D eigenvalue weighted by atomic mass is 10.1. The summed E-state index contributed by atoms with van der Waals surface area (Å²) >= 11 is 0. The van der Waals surface area contributed by atoms with Gasteiger partial charge in [0.15, 0.2) is 0 Å². The summed E-state index contributed by atoms with van der Waals surface area (Å²) in [5.74, 6) is -0.855. The van der Waals surface area contributed by atoms with E-state index in [0.29, 0.717) is 17.7 Å². The highest BCUT2D eigenvalue weighted by Gasteiger charge is 2.41. The number of amides is 2. The van der Waals surface area contributed by atoms with E-state index in [-0.39, 0.29) is 24.8 Å². The molecule has 1 saturated heterocycles. The zero-order chi connectivity index (χ0) is 24.1. The number of benzene rings is 2. The van der Waals surface area contributed by atoms with Crippen LogP contribution in [0, 0.1) is 27.7 Å². The lowest BCUT2D eigenvalue weighted by Crippen LogP contribution is -2.46. The molecule has 3 rings (SSSR count). The molecule has 0 spiro atoms. The highest BCUT2D eigenvalue weighted by Crippen LogP contribution is 2.25. The number of esters is 1. The van der Waals surface area contributed by atoms with Crippen molar-refractivity contribution in [3.05, 3.63) is 69.8 Å². The summed E-state index contributed by atoms with van der Waals surface area (Å²) in [7, 11) is 0. The Morgan fingerprint density at radius 3 is 2.00 bits per heavy atom. The maximum absolute atomic E-state index is 13.4. The fraction of sp³-hybridized carbons (Fsp3) is 0.444. The Hall–Kier alpha value is -3.15. The topological polar surface area (TPSA) is 75.7 Å². The van der Waals surface area contributed by atoms with Crippen LogP contribution in [0.4, 0.5) is 0 Å². The lowest BCUT2D eigenvalue weighted by Gasteiger charge is -2.24. The predicted octanol–water partition coefficient (Wildman–Crippen LogP) is 4.28. The van der Waals surface area contributed by atoms with E-state index in [4.69, 9.17) is 4.74 Å². The van der Waals surface area contributed by atoms with Crippen LogP contribution in [-0.4, -0.2) is 47.9 Å². The Morgan fingerprint density at radius 2 is 1.45 bits per heavy atom. The summed E-state index contributed by atoms with van der Waals surface area (Å²) < 4.78 is 5.76. The number of nitrogens with one attached hydrogen (secondary N) is 1. The highest BCUT2D eigenvalue weighted by molar-refractivity contribution is 5.98. The van der Waals surface area contributed by atoms with E-state index in [9.17, 15) is 14.4 Å². The number of nitrogens with zero attached hydrogens (tertiary/aromatic N) is 1. The van der Waals surface area contributed by atoms with Crippen LogP contribution in [-0.2, 0) is 9.53 Å². The third-order valence-electron chi connectivity index (χ3n) is 5.86. The summed E-state index contributed by atoms with van der Waals surface area (Å²) in [6.45, 7) is 10.5. The van der Waals surface area contributed by atoms with Gasteiger partial charge in [0.2, 0.25) is 5.91 Å². The molecule has 1 fully saturated rings. The van der Waals surface area contributed by atoms with E-state index in [1.165, 1.54) is 0 Å². The number of unbranched alkanes of at least 4 members (excludes halogenated alkanes) is 1. The quantitative estimate of drug-likeness (QED) is 0.505. The van der Waals surface area contributed by atoms with Gasteiger partial charge in [-0.1, -0.05) is 47.7 Å². The molecule has 176 valence electrons. The third kappa shape index (κ3) is 6.21. The average Bonchev–Trinajstić information content (AvgIpc) is 3.15. The van der Waals surface area contributed by atoms with Crippen molar-refractivity contribution in [2.75, 3.05) is 13.1 Å². The average molecular weight is 451 g/mol. The van der Waals surface area contributed by atoms with E-state index in [1.54, 1.807) is 17.0 Å². The second-order valence-electron chi connectivity index (χ2n) is 9.13. The minimum Gasteiger partial charge on any atom is -0.457 e. The molecule has 2 atom stereocenters. The first-order valence-electron chi connectivity index (χ1n) is 11.6. The molecule has 1 N–H and O–H groups in total. The molecule has 1 aliphatic heterocycles. The molecule has 2 amide bonds. The number of rotatable bonds is 7. The Kier molecular flexibility index (Phi) is 7.90. The van der Waals surface area contributed by atoms with Gasteiger partial charge >= 0.3 is 5.97 Å². The van der Waals surface area contributed by atoms with Crippen molar-refractivity contribution in [1.29, 1.82) is 0 Å². The number of hydrogen-bond donors (Lipinski definition) is 1. The number of carbonyl (C=O) groups is 3. The van der Waals surface area contributed by atoms with Gasteiger partial charge in [0.05, 0.1) is 12.1 Å². The zero-order valence-electron chi connectivity index (χ0n) is 20.2. The summed E-state index contributed by atoms with van der Waals surface area (Å²) in [5.41, 5.74) is 4.95. The lowest BCUT2D eigenvalue weighted by molar-refractivity contribution is -0.124. The summed E-state index contributed by atoms with van der Waals surface area (Å²) in [6, 6.07) is 10.6.